The summed E-state index contributed by atoms with van der Waals surface area (Å²) in [5, 5.41) is 2.77. The van der Waals surface area contributed by atoms with Gasteiger partial charge in [-0.15, -0.1) is 0 Å². The molecule has 2 rings (SSSR count). The molecule has 5 nitrogen and oxygen atoms in total. The molecule has 1 aliphatic rings. The van der Waals surface area contributed by atoms with Crippen LogP contribution in [0.4, 0.5) is 0 Å². The number of nitrogens with one attached hydrogen (secondary N) is 1. The van der Waals surface area contributed by atoms with Crippen LogP contribution in [-0.4, -0.2) is 60.4 Å². The quantitative estimate of drug-likeness (QED) is 0.898. The average Bonchev–Trinajstić information content (AvgIpc) is 2.55. The Hall–Kier alpha value is -1.88. The predicted octanol–water partition coefficient (Wildman–Crippen LogP) is 0.969. The van der Waals surface area contributed by atoms with Crippen molar-refractivity contribution >= 4 is 11.8 Å². The van der Waals surface area contributed by atoms with E-state index in [-0.39, 0.29) is 11.8 Å². The summed E-state index contributed by atoms with van der Waals surface area (Å²) in [6, 6.07) is 8.47. The van der Waals surface area contributed by atoms with Gasteiger partial charge in [-0.25, -0.2) is 0 Å². The molecule has 0 spiro atoms. The van der Waals surface area contributed by atoms with Crippen molar-refractivity contribution in [3.8, 4) is 0 Å². The summed E-state index contributed by atoms with van der Waals surface area (Å²) in [5.41, 5.74) is 0.577. The topological polar surface area (TPSA) is 52.6 Å². The molecule has 21 heavy (non-hydrogen) atoms. The standard InChI is InChI=1S/C16H23N3O2/c1-3-18-9-11-19(12-10-18)16(21)13(2)17-15(20)14-7-5-4-6-8-14/h4-8,13H,3,9-12H2,1-2H3,(H,17,20). The second-order valence-electron chi connectivity index (χ2n) is 5.32. The van der Waals surface area contributed by atoms with Gasteiger partial charge in [-0.1, -0.05) is 25.1 Å². The smallest absolute Gasteiger partial charge is 0.251 e. The van der Waals surface area contributed by atoms with Crippen molar-refractivity contribution in [3.05, 3.63) is 35.9 Å². The van der Waals surface area contributed by atoms with Gasteiger partial charge in [0.25, 0.3) is 5.91 Å². The Labute approximate surface area is 125 Å². The highest BCUT2D eigenvalue weighted by molar-refractivity contribution is 5.97. The van der Waals surface area contributed by atoms with Crippen LogP contribution in [0.1, 0.15) is 24.2 Å². The molecule has 1 aliphatic heterocycles. The maximum absolute atomic E-state index is 12.4. The number of hydrogen-bond donors (Lipinski definition) is 1. The number of rotatable bonds is 4. The van der Waals surface area contributed by atoms with Crippen LogP contribution >= 0.6 is 0 Å². The van der Waals surface area contributed by atoms with Crippen LogP contribution in [0, 0.1) is 0 Å². The molecule has 1 aromatic carbocycles. The van der Waals surface area contributed by atoms with Crippen LogP contribution in [0.15, 0.2) is 30.3 Å². The van der Waals surface area contributed by atoms with Crippen molar-refractivity contribution in [2.75, 3.05) is 32.7 Å². The normalized spacial score (nSPS) is 17.3. The summed E-state index contributed by atoms with van der Waals surface area (Å²) in [6.45, 7) is 8.16. The molecular formula is C16H23N3O2. The molecule has 1 heterocycles. The molecule has 0 radical (unpaired) electrons. The highest BCUT2D eigenvalue weighted by Crippen LogP contribution is 2.05. The minimum absolute atomic E-state index is 0.00460. The fourth-order valence-corrected chi connectivity index (χ4v) is 2.49. The molecule has 1 unspecified atom stereocenters. The number of carbonyl (C=O) groups is 2. The maximum atomic E-state index is 12.4. The Morgan fingerprint density at radius 1 is 1.14 bits per heavy atom. The van der Waals surface area contributed by atoms with Gasteiger partial charge in [-0.3, -0.25) is 9.59 Å². The number of piperazine rings is 1. The number of likely N-dealkylation sites (N-methyl/N-ethyl adjacent to an activating group) is 1. The van der Waals surface area contributed by atoms with Gasteiger partial charge in [-0.05, 0) is 25.6 Å². The van der Waals surface area contributed by atoms with Crippen LogP contribution in [0.25, 0.3) is 0 Å². The fraction of sp³-hybridized carbons (Fsp3) is 0.500. The zero-order valence-electron chi connectivity index (χ0n) is 12.7. The van der Waals surface area contributed by atoms with Gasteiger partial charge in [0.2, 0.25) is 5.91 Å². The molecule has 0 aromatic heterocycles. The second kappa shape index (κ2) is 7.22. The van der Waals surface area contributed by atoms with Gasteiger partial charge in [0.1, 0.15) is 6.04 Å². The highest BCUT2D eigenvalue weighted by Gasteiger charge is 2.25. The Morgan fingerprint density at radius 2 is 1.76 bits per heavy atom. The SMILES string of the molecule is CCN1CCN(C(=O)C(C)NC(=O)c2ccccc2)CC1. The van der Waals surface area contributed by atoms with Crippen molar-refractivity contribution in [2.45, 2.75) is 19.9 Å². The second-order valence-corrected chi connectivity index (χ2v) is 5.32. The van der Waals surface area contributed by atoms with Crippen LogP contribution < -0.4 is 5.32 Å². The van der Waals surface area contributed by atoms with E-state index in [1.807, 2.05) is 23.1 Å². The molecule has 0 aliphatic carbocycles. The minimum Gasteiger partial charge on any atom is -0.341 e. The van der Waals surface area contributed by atoms with Crippen LogP contribution in [-0.2, 0) is 4.79 Å². The Morgan fingerprint density at radius 3 is 2.33 bits per heavy atom. The lowest BCUT2D eigenvalue weighted by Crippen LogP contribution is -2.54. The summed E-state index contributed by atoms with van der Waals surface area (Å²) in [7, 11) is 0. The van der Waals surface area contributed by atoms with E-state index in [2.05, 4.69) is 17.1 Å². The van der Waals surface area contributed by atoms with Gasteiger partial charge in [-0.2, -0.15) is 0 Å². The largest absolute Gasteiger partial charge is 0.341 e. The first-order chi connectivity index (χ1) is 10.1. The average molecular weight is 289 g/mol. The number of amides is 2. The fourth-order valence-electron chi connectivity index (χ4n) is 2.49. The molecule has 1 aromatic rings. The molecule has 1 N–H and O–H groups in total. The Bertz CT molecular complexity index is 482. The Kier molecular flexibility index (Phi) is 5.33. The monoisotopic (exact) mass is 289 g/mol. The summed E-state index contributed by atoms with van der Waals surface area (Å²) in [4.78, 5) is 28.6. The highest BCUT2D eigenvalue weighted by atomic mass is 16.2. The number of nitrogens with zero attached hydrogens (tertiary/aromatic N) is 2. The van der Waals surface area contributed by atoms with Crippen molar-refractivity contribution in [2.24, 2.45) is 0 Å². The lowest BCUT2D eigenvalue weighted by atomic mass is 10.2. The van der Waals surface area contributed by atoms with Gasteiger partial charge in [0, 0.05) is 31.7 Å². The van der Waals surface area contributed by atoms with E-state index in [0.717, 1.165) is 32.7 Å². The third-order valence-corrected chi connectivity index (χ3v) is 3.89. The van der Waals surface area contributed by atoms with E-state index in [4.69, 9.17) is 0 Å². The van der Waals surface area contributed by atoms with E-state index >= 15 is 0 Å². The lowest BCUT2D eigenvalue weighted by molar-refractivity contribution is -0.134. The molecule has 0 saturated carbocycles. The Balaban J connectivity index is 1.87. The molecule has 114 valence electrons. The summed E-state index contributed by atoms with van der Waals surface area (Å²) in [6.07, 6.45) is 0. The molecule has 1 fully saturated rings. The summed E-state index contributed by atoms with van der Waals surface area (Å²) < 4.78 is 0. The first kappa shape index (κ1) is 15.5. The molecule has 5 heteroatoms. The molecule has 0 bridgehead atoms. The van der Waals surface area contributed by atoms with Crippen LogP contribution in [0.3, 0.4) is 0 Å². The minimum atomic E-state index is -0.495. The predicted molar refractivity (Wildman–Crippen MR) is 82.1 cm³/mol. The van der Waals surface area contributed by atoms with Gasteiger partial charge < -0.3 is 15.1 Å². The van der Waals surface area contributed by atoms with E-state index in [9.17, 15) is 9.59 Å². The van der Waals surface area contributed by atoms with Crippen molar-refractivity contribution < 1.29 is 9.59 Å². The van der Waals surface area contributed by atoms with Gasteiger partial charge in [0.05, 0.1) is 0 Å². The van der Waals surface area contributed by atoms with Gasteiger partial charge >= 0.3 is 0 Å². The van der Waals surface area contributed by atoms with Crippen molar-refractivity contribution in [1.29, 1.82) is 0 Å². The van der Waals surface area contributed by atoms with E-state index in [0.29, 0.717) is 5.56 Å². The number of hydrogen-bond acceptors (Lipinski definition) is 3. The lowest BCUT2D eigenvalue weighted by Gasteiger charge is -2.35. The number of benzene rings is 1. The molecule has 1 saturated heterocycles. The summed E-state index contributed by atoms with van der Waals surface area (Å²) >= 11 is 0. The van der Waals surface area contributed by atoms with Crippen molar-refractivity contribution in [1.82, 2.24) is 15.1 Å². The third kappa shape index (κ3) is 4.04. The molecule has 1 atom stereocenters. The van der Waals surface area contributed by atoms with E-state index in [1.165, 1.54) is 0 Å². The maximum Gasteiger partial charge on any atom is 0.251 e. The van der Waals surface area contributed by atoms with Crippen molar-refractivity contribution in [3.63, 3.8) is 0 Å². The zero-order chi connectivity index (χ0) is 15.2. The van der Waals surface area contributed by atoms with Crippen LogP contribution in [0.2, 0.25) is 0 Å². The van der Waals surface area contributed by atoms with Gasteiger partial charge in [0.15, 0.2) is 0 Å². The molecular weight excluding hydrogens is 266 g/mol. The first-order valence-electron chi connectivity index (χ1n) is 7.49. The third-order valence-electron chi connectivity index (χ3n) is 3.89. The summed E-state index contributed by atoms with van der Waals surface area (Å²) in [5.74, 6) is -0.210. The molecule has 2 amide bonds. The van der Waals surface area contributed by atoms with Crippen LogP contribution in [0.5, 0.6) is 0 Å². The zero-order valence-corrected chi connectivity index (χ0v) is 12.7. The van der Waals surface area contributed by atoms with E-state index < -0.39 is 6.04 Å². The first-order valence-corrected chi connectivity index (χ1v) is 7.49. The number of carbonyl (C=O) groups excluding carboxylic acids is 2. The van der Waals surface area contributed by atoms with E-state index in [1.54, 1.807) is 19.1 Å².